The quantitative estimate of drug-likeness (QED) is 0.547. The van der Waals surface area contributed by atoms with Gasteiger partial charge in [0.1, 0.15) is 17.4 Å². The molecule has 144 valence electrons. The molecule has 1 aromatic rings. The number of nitrogens with zero attached hydrogens (tertiary/aromatic N) is 1. The average Bonchev–Trinajstić information content (AvgIpc) is 3.32. The second-order valence-electron chi connectivity index (χ2n) is 7.82. The molecular weight excluding hydrogens is 338 g/mol. The van der Waals surface area contributed by atoms with Crippen molar-refractivity contribution in [2.24, 2.45) is 17.8 Å². The van der Waals surface area contributed by atoms with Crippen LogP contribution in [0.2, 0.25) is 0 Å². The number of ether oxygens (including phenoxy) is 1. The Hall–Kier alpha value is -2.48. The number of fused-ring (bicyclic) bond motifs is 2. The van der Waals surface area contributed by atoms with Crippen molar-refractivity contribution in [3.8, 4) is 11.8 Å². The van der Waals surface area contributed by atoms with E-state index in [-0.39, 0.29) is 11.5 Å². The molecule has 5 heteroatoms. The number of methoxy groups -OCH3 is 1. The third kappa shape index (κ3) is 4.82. The summed E-state index contributed by atoms with van der Waals surface area (Å²) in [6.07, 6.45) is 7.66. The lowest BCUT2D eigenvalue weighted by Gasteiger charge is -2.28. The van der Waals surface area contributed by atoms with Gasteiger partial charge >= 0.3 is 0 Å². The van der Waals surface area contributed by atoms with E-state index >= 15 is 0 Å². The summed E-state index contributed by atoms with van der Waals surface area (Å²) < 4.78 is 5.14. The van der Waals surface area contributed by atoms with Gasteiger partial charge in [0.25, 0.3) is 5.91 Å². The summed E-state index contributed by atoms with van der Waals surface area (Å²) in [6.45, 7) is 2.66. The Morgan fingerprint density at radius 3 is 2.70 bits per heavy atom. The normalized spacial score (nSPS) is 24.9. The highest BCUT2D eigenvalue weighted by Gasteiger charge is 2.41. The van der Waals surface area contributed by atoms with Gasteiger partial charge in [-0.15, -0.1) is 0 Å². The number of benzene rings is 1. The fraction of sp³-hybridized carbons (Fsp3) is 0.545. The first-order chi connectivity index (χ1) is 13.1. The van der Waals surface area contributed by atoms with Crippen LogP contribution in [0, 0.1) is 29.1 Å². The maximum atomic E-state index is 12.3. The lowest BCUT2D eigenvalue weighted by Crippen LogP contribution is -2.34. The van der Waals surface area contributed by atoms with Crippen molar-refractivity contribution >= 4 is 5.91 Å². The Balaban J connectivity index is 1.45. The van der Waals surface area contributed by atoms with E-state index < -0.39 is 0 Å². The summed E-state index contributed by atoms with van der Waals surface area (Å²) >= 11 is 0. The number of nitrogens with one attached hydrogen (secondary N) is 2. The summed E-state index contributed by atoms with van der Waals surface area (Å²) in [7, 11) is 1.64. The van der Waals surface area contributed by atoms with Crippen molar-refractivity contribution in [3.63, 3.8) is 0 Å². The summed E-state index contributed by atoms with van der Waals surface area (Å²) in [5.74, 6) is 2.87. The molecule has 1 aromatic carbocycles. The van der Waals surface area contributed by atoms with Gasteiger partial charge in [-0.2, -0.15) is 5.26 Å². The first kappa shape index (κ1) is 19.3. The molecule has 0 radical (unpaired) electrons. The number of hydrogen-bond donors (Lipinski definition) is 2. The second kappa shape index (κ2) is 8.94. The molecule has 0 aromatic heterocycles. The van der Waals surface area contributed by atoms with Crippen LogP contribution in [0.4, 0.5) is 0 Å². The molecule has 0 spiro atoms. The van der Waals surface area contributed by atoms with E-state index in [4.69, 9.17) is 4.74 Å². The van der Waals surface area contributed by atoms with Crippen molar-refractivity contribution in [3.05, 3.63) is 41.6 Å². The van der Waals surface area contributed by atoms with E-state index in [1.54, 1.807) is 13.3 Å². The Morgan fingerprint density at radius 2 is 2.11 bits per heavy atom. The Bertz CT molecular complexity index is 720. The molecule has 0 aliphatic heterocycles. The van der Waals surface area contributed by atoms with Crippen LogP contribution in [0.15, 0.2) is 36.0 Å². The van der Waals surface area contributed by atoms with Gasteiger partial charge in [0.2, 0.25) is 0 Å². The molecule has 0 saturated heterocycles. The monoisotopic (exact) mass is 367 g/mol. The lowest BCUT2D eigenvalue weighted by molar-refractivity contribution is -0.117. The van der Waals surface area contributed by atoms with Gasteiger partial charge < -0.3 is 15.4 Å². The SMILES string of the molecule is COc1ccc(CCNC(=O)/C(C#N)=C\NC(C)C2CC3CCC2C3)cc1. The standard InChI is InChI=1S/C22H29N3O2/c1-15(21-12-17-3-6-18(21)11-17)25-14-19(13-23)22(26)24-10-9-16-4-7-20(27-2)8-5-16/h4-5,7-8,14-15,17-18,21,25H,3,6,9-12H2,1-2H3,(H,24,26)/b19-14-. The topological polar surface area (TPSA) is 74.1 Å². The van der Waals surface area contributed by atoms with Gasteiger partial charge in [0, 0.05) is 18.8 Å². The average molecular weight is 367 g/mol. The van der Waals surface area contributed by atoms with Crippen molar-refractivity contribution < 1.29 is 9.53 Å². The predicted molar refractivity (Wildman–Crippen MR) is 105 cm³/mol. The van der Waals surface area contributed by atoms with E-state index in [9.17, 15) is 10.1 Å². The minimum Gasteiger partial charge on any atom is -0.497 e. The van der Waals surface area contributed by atoms with E-state index in [0.717, 1.165) is 23.1 Å². The molecule has 27 heavy (non-hydrogen) atoms. The molecule has 5 nitrogen and oxygen atoms in total. The van der Waals surface area contributed by atoms with Crippen LogP contribution in [-0.2, 0) is 11.2 Å². The lowest BCUT2D eigenvalue weighted by atomic mass is 9.84. The fourth-order valence-corrected chi connectivity index (χ4v) is 4.60. The van der Waals surface area contributed by atoms with Crippen LogP contribution < -0.4 is 15.4 Å². The summed E-state index contributed by atoms with van der Waals surface area (Å²) in [6, 6.07) is 10.1. The highest BCUT2D eigenvalue weighted by atomic mass is 16.5. The number of carbonyl (C=O) groups is 1. The van der Waals surface area contributed by atoms with Crippen LogP contribution >= 0.6 is 0 Å². The van der Waals surface area contributed by atoms with Gasteiger partial charge in [0.05, 0.1) is 7.11 Å². The molecule has 2 N–H and O–H groups in total. The second-order valence-corrected chi connectivity index (χ2v) is 7.82. The largest absolute Gasteiger partial charge is 0.497 e. The number of nitriles is 1. The van der Waals surface area contributed by atoms with Gasteiger partial charge in [-0.25, -0.2) is 0 Å². The Labute approximate surface area is 161 Å². The minimum absolute atomic E-state index is 0.139. The minimum atomic E-state index is -0.321. The maximum Gasteiger partial charge on any atom is 0.263 e. The maximum absolute atomic E-state index is 12.3. The van der Waals surface area contributed by atoms with Gasteiger partial charge in [0.15, 0.2) is 0 Å². The first-order valence-electron chi connectivity index (χ1n) is 9.88. The predicted octanol–water partition coefficient (Wildman–Crippen LogP) is 3.18. The van der Waals surface area contributed by atoms with Crippen LogP contribution in [-0.4, -0.2) is 25.6 Å². The van der Waals surface area contributed by atoms with Gasteiger partial charge in [-0.05, 0) is 68.1 Å². The summed E-state index contributed by atoms with van der Waals surface area (Å²) in [5.41, 5.74) is 1.25. The molecule has 2 saturated carbocycles. The molecule has 2 fully saturated rings. The molecule has 4 unspecified atom stereocenters. The Morgan fingerprint density at radius 1 is 1.33 bits per heavy atom. The summed E-state index contributed by atoms with van der Waals surface area (Å²) in [4.78, 5) is 12.3. The fourth-order valence-electron chi connectivity index (χ4n) is 4.60. The van der Waals surface area contributed by atoms with E-state index in [2.05, 4.69) is 17.6 Å². The van der Waals surface area contributed by atoms with Crippen molar-refractivity contribution in [1.29, 1.82) is 5.26 Å². The van der Waals surface area contributed by atoms with Crippen LogP contribution in [0.3, 0.4) is 0 Å². The molecule has 2 aliphatic rings. The van der Waals surface area contributed by atoms with E-state index in [1.165, 1.54) is 25.7 Å². The van der Waals surface area contributed by atoms with Crippen LogP contribution in [0.1, 0.15) is 38.2 Å². The molecule has 2 aliphatic carbocycles. The molecule has 3 rings (SSSR count). The smallest absolute Gasteiger partial charge is 0.263 e. The molecule has 4 atom stereocenters. The first-order valence-corrected chi connectivity index (χ1v) is 9.88. The zero-order valence-corrected chi connectivity index (χ0v) is 16.2. The van der Waals surface area contributed by atoms with E-state index in [0.29, 0.717) is 24.9 Å². The highest BCUT2D eigenvalue weighted by molar-refractivity contribution is 5.97. The third-order valence-electron chi connectivity index (χ3n) is 6.15. The molecule has 2 bridgehead atoms. The number of carbonyl (C=O) groups excluding carboxylic acids is 1. The third-order valence-corrected chi connectivity index (χ3v) is 6.15. The molecular formula is C22H29N3O2. The van der Waals surface area contributed by atoms with Crippen molar-refractivity contribution in [2.75, 3.05) is 13.7 Å². The highest BCUT2D eigenvalue weighted by Crippen LogP contribution is 2.49. The summed E-state index contributed by atoms with van der Waals surface area (Å²) in [5, 5.41) is 15.5. The molecule has 0 heterocycles. The van der Waals surface area contributed by atoms with Gasteiger partial charge in [-0.1, -0.05) is 18.6 Å². The number of hydrogen-bond acceptors (Lipinski definition) is 4. The zero-order chi connectivity index (χ0) is 19.2. The van der Waals surface area contributed by atoms with Gasteiger partial charge in [-0.3, -0.25) is 4.79 Å². The Kier molecular flexibility index (Phi) is 6.39. The van der Waals surface area contributed by atoms with E-state index in [1.807, 2.05) is 30.3 Å². The number of amides is 1. The van der Waals surface area contributed by atoms with Crippen LogP contribution in [0.25, 0.3) is 0 Å². The molecule has 1 amide bonds. The van der Waals surface area contributed by atoms with Crippen molar-refractivity contribution in [1.82, 2.24) is 10.6 Å². The van der Waals surface area contributed by atoms with Crippen molar-refractivity contribution in [2.45, 2.75) is 45.1 Å². The van der Waals surface area contributed by atoms with Crippen LogP contribution in [0.5, 0.6) is 5.75 Å². The number of rotatable bonds is 8. The zero-order valence-electron chi connectivity index (χ0n) is 16.2.